The molecule has 4 nitrogen and oxygen atoms in total. The molecule has 0 unspecified atom stereocenters. The van der Waals surface area contributed by atoms with Crippen LogP contribution in [0.5, 0.6) is 0 Å². The van der Waals surface area contributed by atoms with Crippen LogP contribution >= 0.6 is 11.3 Å². The number of nitrogens with zero attached hydrogens (tertiary/aromatic N) is 1. The summed E-state index contributed by atoms with van der Waals surface area (Å²) in [7, 11) is 0. The Morgan fingerprint density at radius 1 is 1.19 bits per heavy atom. The van der Waals surface area contributed by atoms with Gasteiger partial charge in [-0.1, -0.05) is 6.07 Å². The number of thiophene rings is 1. The molecule has 0 spiro atoms. The van der Waals surface area contributed by atoms with Crippen molar-refractivity contribution < 1.29 is 0 Å². The molecule has 1 aromatic carbocycles. The lowest BCUT2D eigenvalue weighted by atomic mass is 10.1. The third-order valence-corrected chi connectivity index (χ3v) is 4.48. The molecule has 3 rings (SSSR count). The van der Waals surface area contributed by atoms with E-state index in [1.807, 2.05) is 23.6 Å². The van der Waals surface area contributed by atoms with Crippen molar-refractivity contribution in [2.24, 2.45) is 0 Å². The van der Waals surface area contributed by atoms with Gasteiger partial charge in [-0.2, -0.15) is 0 Å². The molecular weight excluding hydrogens is 280 g/mol. The fourth-order valence-corrected chi connectivity index (χ4v) is 2.89. The second-order valence-electron chi connectivity index (χ2n) is 5.15. The van der Waals surface area contributed by atoms with Crippen LogP contribution in [0.3, 0.4) is 0 Å². The van der Waals surface area contributed by atoms with E-state index in [1.54, 1.807) is 0 Å². The van der Waals surface area contributed by atoms with E-state index in [1.165, 1.54) is 22.5 Å². The lowest BCUT2D eigenvalue weighted by molar-refractivity contribution is 1.22. The molecule has 0 fully saturated rings. The zero-order chi connectivity index (χ0) is 15.0. The molecule has 0 saturated carbocycles. The van der Waals surface area contributed by atoms with E-state index in [0.717, 1.165) is 15.9 Å². The molecule has 21 heavy (non-hydrogen) atoms. The zero-order valence-corrected chi connectivity index (χ0v) is 12.8. The van der Waals surface area contributed by atoms with E-state index in [4.69, 9.17) is 10.8 Å². The molecule has 2 aromatic heterocycles. The van der Waals surface area contributed by atoms with Crippen molar-refractivity contribution in [1.82, 2.24) is 9.97 Å². The number of hydrogen-bond acceptors (Lipinski definition) is 4. The first kappa shape index (κ1) is 13.7. The average molecular weight is 296 g/mol. The molecule has 5 heteroatoms. The summed E-state index contributed by atoms with van der Waals surface area (Å²) in [4.78, 5) is 8.57. The van der Waals surface area contributed by atoms with Gasteiger partial charge in [-0.25, -0.2) is 4.98 Å². The highest BCUT2D eigenvalue weighted by Gasteiger charge is 2.12. The summed E-state index contributed by atoms with van der Waals surface area (Å²) in [5, 5.41) is 18.2. The number of nitrogens with one attached hydrogen (secondary N) is 3. The number of aryl methyl sites for hydroxylation is 2. The summed E-state index contributed by atoms with van der Waals surface area (Å²) in [5.41, 5.74) is 5.03. The van der Waals surface area contributed by atoms with Crippen molar-refractivity contribution in [2.45, 2.75) is 20.3 Å². The zero-order valence-electron chi connectivity index (χ0n) is 11.9. The number of hydrogen-bond donors (Lipinski definition) is 3. The largest absolute Gasteiger partial charge is 0.337 e. The van der Waals surface area contributed by atoms with Crippen molar-refractivity contribution >= 4 is 33.8 Å². The normalized spacial score (nSPS) is 11.0. The van der Waals surface area contributed by atoms with Crippen molar-refractivity contribution in [2.75, 3.05) is 0 Å². The number of aromatic nitrogens is 2. The molecule has 0 aliphatic carbocycles. The molecule has 0 atom stereocenters. The van der Waals surface area contributed by atoms with Crippen LogP contribution in [0.15, 0.2) is 29.6 Å². The van der Waals surface area contributed by atoms with Crippen LogP contribution in [0.1, 0.15) is 28.2 Å². The SMILES string of the molecule is Cc1cc2nc(C(=N)CC(=N)c3cccs3)[nH]c2cc1C. The summed E-state index contributed by atoms with van der Waals surface area (Å²) in [6.07, 6.45) is 0.290. The summed E-state index contributed by atoms with van der Waals surface area (Å²) in [5.74, 6) is 0.552. The standard InChI is InChI=1S/C16H16N4S/c1-9-6-13-14(7-10(9)2)20-16(19-13)12(18)8-11(17)15-4-3-5-21-15/h3-7,17-18H,8H2,1-2H3,(H,19,20). The van der Waals surface area contributed by atoms with Crippen LogP contribution in [0, 0.1) is 24.7 Å². The number of H-pyrrole nitrogens is 1. The smallest absolute Gasteiger partial charge is 0.152 e. The minimum atomic E-state index is 0.290. The van der Waals surface area contributed by atoms with E-state index in [2.05, 4.69) is 29.9 Å². The summed E-state index contributed by atoms with van der Waals surface area (Å²) < 4.78 is 0. The third-order valence-electron chi connectivity index (χ3n) is 3.56. The third kappa shape index (κ3) is 2.64. The summed E-state index contributed by atoms with van der Waals surface area (Å²) in [6.45, 7) is 4.12. The summed E-state index contributed by atoms with van der Waals surface area (Å²) in [6, 6.07) is 7.91. The van der Waals surface area contributed by atoms with E-state index in [9.17, 15) is 0 Å². The fraction of sp³-hybridized carbons (Fsp3) is 0.188. The average Bonchev–Trinajstić information content (AvgIpc) is 3.08. The molecule has 3 N–H and O–H groups in total. The molecule has 0 saturated heterocycles. The van der Waals surface area contributed by atoms with Crippen LogP contribution in [0.2, 0.25) is 0 Å². The van der Waals surface area contributed by atoms with Crippen molar-refractivity contribution in [1.29, 1.82) is 10.8 Å². The van der Waals surface area contributed by atoms with Crippen molar-refractivity contribution in [3.8, 4) is 0 Å². The number of fused-ring (bicyclic) bond motifs is 1. The van der Waals surface area contributed by atoms with Gasteiger partial charge in [0, 0.05) is 11.3 Å². The van der Waals surface area contributed by atoms with Gasteiger partial charge in [0.15, 0.2) is 5.82 Å². The number of aromatic amines is 1. The molecule has 0 aliphatic heterocycles. The Bertz CT molecular complexity index is 788. The van der Waals surface area contributed by atoms with Crippen molar-refractivity contribution in [3.05, 3.63) is 51.5 Å². The molecule has 106 valence electrons. The van der Waals surface area contributed by atoms with Gasteiger partial charge >= 0.3 is 0 Å². The number of rotatable bonds is 4. The van der Waals surface area contributed by atoms with E-state index in [0.29, 0.717) is 17.2 Å². The molecule has 0 bridgehead atoms. The maximum Gasteiger partial charge on any atom is 0.152 e. The highest BCUT2D eigenvalue weighted by atomic mass is 32.1. The lowest BCUT2D eigenvalue weighted by Crippen LogP contribution is -2.09. The first-order valence-corrected chi connectivity index (χ1v) is 7.58. The fourth-order valence-electron chi connectivity index (χ4n) is 2.21. The Kier molecular flexibility index (Phi) is 3.43. The van der Waals surface area contributed by atoms with E-state index >= 15 is 0 Å². The molecule has 0 aliphatic rings. The second-order valence-corrected chi connectivity index (χ2v) is 6.10. The Morgan fingerprint density at radius 3 is 2.67 bits per heavy atom. The van der Waals surface area contributed by atoms with Gasteiger partial charge in [0.2, 0.25) is 0 Å². The van der Waals surface area contributed by atoms with Crippen LogP contribution in [-0.2, 0) is 0 Å². The topological polar surface area (TPSA) is 76.4 Å². The Labute approximate surface area is 126 Å². The van der Waals surface area contributed by atoms with Gasteiger partial charge < -0.3 is 15.8 Å². The van der Waals surface area contributed by atoms with Gasteiger partial charge in [0.1, 0.15) is 0 Å². The number of benzene rings is 1. The first-order chi connectivity index (χ1) is 10.0. The van der Waals surface area contributed by atoms with Gasteiger partial charge in [-0.05, 0) is 48.6 Å². The second kappa shape index (κ2) is 5.26. The van der Waals surface area contributed by atoms with Gasteiger partial charge in [0.05, 0.1) is 22.5 Å². The van der Waals surface area contributed by atoms with E-state index in [-0.39, 0.29) is 6.42 Å². The Hall–Kier alpha value is -2.27. The highest BCUT2D eigenvalue weighted by Crippen LogP contribution is 2.19. The quantitative estimate of drug-likeness (QED) is 0.624. The summed E-state index contributed by atoms with van der Waals surface area (Å²) >= 11 is 1.53. The predicted molar refractivity (Wildman–Crippen MR) is 88.2 cm³/mol. The van der Waals surface area contributed by atoms with E-state index < -0.39 is 0 Å². The molecule has 3 aromatic rings. The molecule has 2 heterocycles. The molecule has 0 amide bonds. The minimum absolute atomic E-state index is 0.290. The maximum absolute atomic E-state index is 8.17. The molecular formula is C16H16N4S. The van der Waals surface area contributed by atoms with Gasteiger partial charge in [0.25, 0.3) is 0 Å². The maximum atomic E-state index is 8.17. The molecule has 0 radical (unpaired) electrons. The van der Waals surface area contributed by atoms with Crippen LogP contribution in [0.4, 0.5) is 0 Å². The van der Waals surface area contributed by atoms with Crippen LogP contribution in [-0.4, -0.2) is 21.4 Å². The number of imidazole rings is 1. The monoisotopic (exact) mass is 296 g/mol. The Balaban J connectivity index is 1.86. The highest BCUT2D eigenvalue weighted by molar-refractivity contribution is 7.12. The van der Waals surface area contributed by atoms with Gasteiger partial charge in [-0.15, -0.1) is 11.3 Å². The van der Waals surface area contributed by atoms with Gasteiger partial charge in [-0.3, -0.25) is 0 Å². The van der Waals surface area contributed by atoms with Crippen LogP contribution in [0.25, 0.3) is 11.0 Å². The Morgan fingerprint density at radius 2 is 1.95 bits per heavy atom. The first-order valence-electron chi connectivity index (χ1n) is 6.70. The lowest BCUT2D eigenvalue weighted by Gasteiger charge is -2.01. The van der Waals surface area contributed by atoms with Crippen molar-refractivity contribution in [3.63, 3.8) is 0 Å². The minimum Gasteiger partial charge on any atom is -0.337 e. The predicted octanol–water partition coefficient (Wildman–Crippen LogP) is 4.07. The van der Waals surface area contributed by atoms with Crippen LogP contribution < -0.4 is 0 Å².